The second-order valence-corrected chi connectivity index (χ2v) is 15.6. The van der Waals surface area contributed by atoms with E-state index in [2.05, 4.69) is 37.2 Å². The fourth-order valence-electron chi connectivity index (χ4n) is 5.85. The van der Waals surface area contributed by atoms with Crippen LogP contribution in [0.1, 0.15) is 90.4 Å². The summed E-state index contributed by atoms with van der Waals surface area (Å²) in [6.45, 7) is -0.643. The van der Waals surface area contributed by atoms with Gasteiger partial charge in [0, 0.05) is 32.1 Å². The van der Waals surface area contributed by atoms with Gasteiger partial charge in [-0.1, -0.05) is 0 Å². The lowest BCUT2D eigenvalue weighted by Gasteiger charge is -2.27. The molecule has 0 aliphatic heterocycles. The van der Waals surface area contributed by atoms with Crippen molar-refractivity contribution in [1.82, 2.24) is 42.5 Å². The van der Waals surface area contributed by atoms with Gasteiger partial charge >= 0.3 is 23.9 Å². The molecule has 0 spiro atoms. The molecule has 0 aliphatic rings. The highest BCUT2D eigenvalue weighted by molar-refractivity contribution is 5.98. The molecule has 0 heterocycles. The summed E-state index contributed by atoms with van der Waals surface area (Å²) in [4.78, 5) is 174. The van der Waals surface area contributed by atoms with Crippen LogP contribution in [0, 0.1) is 0 Å². The van der Waals surface area contributed by atoms with Gasteiger partial charge in [0.05, 0.1) is 19.2 Å². The van der Waals surface area contributed by atoms with Gasteiger partial charge in [0.15, 0.2) is 0 Å². The van der Waals surface area contributed by atoms with E-state index in [-0.39, 0.29) is 25.8 Å². The number of nitrogens with two attached hydrogens (primary N) is 4. The molecule has 31 heteroatoms. The number of carboxylic acid groups (broad SMARTS) is 4. The molecule has 0 saturated heterocycles. The van der Waals surface area contributed by atoms with E-state index in [4.69, 9.17) is 38.3 Å². The van der Waals surface area contributed by atoms with Crippen LogP contribution >= 0.6 is 0 Å². The van der Waals surface area contributed by atoms with Crippen molar-refractivity contribution in [3.8, 4) is 0 Å². The summed E-state index contributed by atoms with van der Waals surface area (Å²) in [5.74, 6) is -16.2. The molecule has 0 rings (SSSR count). The Bertz CT molecular complexity index is 1900. The number of hydrogen-bond acceptors (Lipinski definition) is 17. The number of aliphatic hydroxyl groups excluding tert-OH is 1. The van der Waals surface area contributed by atoms with E-state index in [1.165, 1.54) is 0 Å². The molecular weight excluding hydrogens is 940 g/mol. The summed E-state index contributed by atoms with van der Waals surface area (Å²) in [6.07, 6.45) is -4.97. The normalized spacial score (nSPS) is 14.2. The highest BCUT2D eigenvalue weighted by atomic mass is 16.4. The highest BCUT2D eigenvalue weighted by Crippen LogP contribution is 2.09. The quantitative estimate of drug-likeness (QED) is 0.0257. The van der Waals surface area contributed by atoms with Crippen molar-refractivity contribution in [3.63, 3.8) is 0 Å². The second kappa shape index (κ2) is 33.0. The predicted octanol–water partition coefficient (Wildman–Crippen LogP) is -7.83. The zero-order valence-electron chi connectivity index (χ0n) is 38.2. The lowest BCUT2D eigenvalue weighted by atomic mass is 10.0. The number of primary amides is 2. The van der Waals surface area contributed by atoms with Crippen LogP contribution in [0.5, 0.6) is 0 Å². The maximum absolute atomic E-state index is 13.8. The SMILES string of the molecule is CC(NC(=O)C(CCC(N)=O)NC(=O)C(CCCCN)NC(=O)C(CCC(=O)O)NC(=O)C(CCC(N)=O)NC(=O)C(N)CCC(=O)O)C(=O)NCC(=O)NC(CCC(=O)O)C(=O)NC(CO)C(=O)O. The van der Waals surface area contributed by atoms with Crippen molar-refractivity contribution < 1.29 is 92.7 Å². The van der Waals surface area contributed by atoms with E-state index in [0.29, 0.717) is 6.42 Å². The van der Waals surface area contributed by atoms with Gasteiger partial charge in [-0.15, -0.1) is 0 Å². The standard InChI is InChI=1S/C39H64N12O19/c1-18(32(62)44-16-28(55)46-21(8-13-30(58)59)36(66)51-25(17-52)39(69)70)45-34(64)22(6-10-26(42)53)49-35(65)20(4-2-3-15-40)48-38(68)24(9-14-31(60)61)50-37(67)23(7-11-27(43)54)47-33(63)19(41)5-12-29(56)57/h18-25,52H,2-17,40-41H2,1H3,(H2,42,53)(H2,43,54)(H,44,62)(H,45,64)(H,46,55)(H,47,63)(H,48,68)(H,49,65)(H,50,67)(H,51,66)(H,56,57)(H,58,59)(H,60,61)(H,69,70). The zero-order valence-corrected chi connectivity index (χ0v) is 38.2. The third kappa shape index (κ3) is 26.7. The van der Waals surface area contributed by atoms with E-state index in [0.717, 1.165) is 6.92 Å². The Morgan fingerprint density at radius 3 is 1.19 bits per heavy atom. The van der Waals surface area contributed by atoms with Crippen LogP contribution in [0.2, 0.25) is 0 Å². The summed E-state index contributed by atoms with van der Waals surface area (Å²) in [5, 5.41) is 63.3. The topological polar surface area (TPSA) is 540 Å². The van der Waals surface area contributed by atoms with Crippen molar-refractivity contribution >= 4 is 82.9 Å². The van der Waals surface area contributed by atoms with Crippen LogP contribution in [0.25, 0.3) is 0 Å². The van der Waals surface area contributed by atoms with Gasteiger partial charge in [0.1, 0.15) is 42.3 Å². The van der Waals surface area contributed by atoms with Gasteiger partial charge in [0.2, 0.25) is 59.1 Å². The highest BCUT2D eigenvalue weighted by Gasteiger charge is 2.34. The Morgan fingerprint density at radius 1 is 0.443 bits per heavy atom. The first kappa shape index (κ1) is 62.5. The Morgan fingerprint density at radius 2 is 0.800 bits per heavy atom. The van der Waals surface area contributed by atoms with Crippen LogP contribution in [-0.4, -0.2) is 177 Å². The maximum atomic E-state index is 13.8. The summed E-state index contributed by atoms with van der Waals surface area (Å²) in [7, 11) is 0. The molecule has 394 valence electrons. The Hall–Kier alpha value is -7.54. The number of carbonyl (C=O) groups excluding carboxylic acids is 10. The van der Waals surface area contributed by atoms with Crippen molar-refractivity contribution in [3.05, 3.63) is 0 Å². The largest absolute Gasteiger partial charge is 0.481 e. The molecule has 31 nitrogen and oxygen atoms in total. The number of amides is 10. The molecule has 8 unspecified atom stereocenters. The molecule has 70 heavy (non-hydrogen) atoms. The van der Waals surface area contributed by atoms with E-state index >= 15 is 0 Å². The first-order chi connectivity index (χ1) is 32.7. The molecule has 10 amide bonds. The number of hydrogen-bond donors (Lipinski definition) is 17. The second-order valence-electron chi connectivity index (χ2n) is 15.6. The maximum Gasteiger partial charge on any atom is 0.328 e. The molecule has 0 aromatic rings. The molecule has 0 aliphatic carbocycles. The Balaban J connectivity index is 6.29. The summed E-state index contributed by atoms with van der Waals surface area (Å²) in [6, 6.07) is -12.9. The lowest BCUT2D eigenvalue weighted by Crippen LogP contribution is -2.59. The number of carbonyl (C=O) groups is 14. The molecule has 0 radical (unpaired) electrons. The minimum atomic E-state index is -1.79. The monoisotopic (exact) mass is 1000 g/mol. The van der Waals surface area contributed by atoms with Crippen LogP contribution in [0.4, 0.5) is 0 Å². The number of aliphatic carboxylic acids is 4. The number of unbranched alkanes of at least 4 members (excludes halogenated alkanes) is 1. The first-order valence-corrected chi connectivity index (χ1v) is 21.6. The van der Waals surface area contributed by atoms with E-state index in [1.807, 2.05) is 5.32 Å². The van der Waals surface area contributed by atoms with E-state index < -0.39 is 202 Å². The molecule has 0 fully saturated rings. The zero-order chi connectivity index (χ0) is 53.7. The molecule has 8 atom stereocenters. The molecule has 0 saturated carbocycles. The van der Waals surface area contributed by atoms with E-state index in [9.17, 15) is 77.3 Å². The number of carboxylic acids is 4. The summed E-state index contributed by atoms with van der Waals surface area (Å²) in [5.41, 5.74) is 21.8. The first-order valence-electron chi connectivity index (χ1n) is 21.6. The predicted molar refractivity (Wildman–Crippen MR) is 235 cm³/mol. The average molecular weight is 1010 g/mol. The average Bonchev–Trinajstić information content (AvgIpc) is 3.27. The van der Waals surface area contributed by atoms with Crippen LogP contribution in [0.15, 0.2) is 0 Å². The van der Waals surface area contributed by atoms with Gasteiger partial charge in [-0.25, -0.2) is 4.79 Å². The number of aliphatic hydroxyl groups is 1. The minimum Gasteiger partial charge on any atom is -0.481 e. The van der Waals surface area contributed by atoms with Gasteiger partial charge in [0.25, 0.3) is 0 Å². The fraction of sp³-hybridized carbons (Fsp3) is 0.641. The van der Waals surface area contributed by atoms with Crippen LogP contribution < -0.4 is 65.5 Å². The number of rotatable bonds is 37. The van der Waals surface area contributed by atoms with Crippen molar-refractivity contribution in [2.24, 2.45) is 22.9 Å². The van der Waals surface area contributed by atoms with Crippen molar-refractivity contribution in [2.75, 3.05) is 19.7 Å². The fourth-order valence-corrected chi connectivity index (χ4v) is 5.85. The molecular formula is C39H64N12O19. The Labute approximate surface area is 399 Å². The van der Waals surface area contributed by atoms with Gasteiger partial charge < -0.3 is 91.0 Å². The molecule has 0 aromatic carbocycles. The van der Waals surface area contributed by atoms with Gasteiger partial charge in [-0.2, -0.15) is 0 Å². The lowest BCUT2D eigenvalue weighted by molar-refractivity contribution is -0.144. The smallest absolute Gasteiger partial charge is 0.328 e. The van der Waals surface area contributed by atoms with Gasteiger partial charge in [-0.3, -0.25) is 62.3 Å². The van der Waals surface area contributed by atoms with Crippen molar-refractivity contribution in [2.45, 2.75) is 139 Å². The van der Waals surface area contributed by atoms with E-state index in [1.54, 1.807) is 0 Å². The number of nitrogens with one attached hydrogen (secondary N) is 8. The third-order valence-electron chi connectivity index (χ3n) is 9.76. The van der Waals surface area contributed by atoms with Crippen LogP contribution in [-0.2, 0) is 67.1 Å². The molecule has 21 N–H and O–H groups in total. The van der Waals surface area contributed by atoms with Crippen LogP contribution in [0.3, 0.4) is 0 Å². The molecule has 0 bridgehead atoms. The third-order valence-corrected chi connectivity index (χ3v) is 9.76. The minimum absolute atomic E-state index is 0.127. The summed E-state index contributed by atoms with van der Waals surface area (Å²) < 4.78 is 0. The summed E-state index contributed by atoms with van der Waals surface area (Å²) >= 11 is 0. The van der Waals surface area contributed by atoms with Crippen molar-refractivity contribution in [1.29, 1.82) is 0 Å². The Kier molecular flexibility index (Phi) is 29.5. The van der Waals surface area contributed by atoms with Gasteiger partial charge in [-0.05, 0) is 64.8 Å². The molecule has 0 aromatic heterocycles.